The molecule has 0 bridgehead atoms. The molecule has 2 aromatic rings. The molecule has 1 aromatic carbocycles. The molecule has 0 unspecified atom stereocenters. The van der Waals surface area contributed by atoms with Crippen molar-refractivity contribution in [1.82, 2.24) is 10.2 Å². The van der Waals surface area contributed by atoms with Crippen LogP contribution < -0.4 is 5.32 Å². The molecule has 5 heteroatoms. The molecule has 1 heterocycles. The van der Waals surface area contributed by atoms with E-state index in [-0.39, 0.29) is 5.91 Å². The van der Waals surface area contributed by atoms with Crippen molar-refractivity contribution in [3.8, 4) is 0 Å². The minimum absolute atomic E-state index is 0.0917. The van der Waals surface area contributed by atoms with Gasteiger partial charge < -0.3 is 0 Å². The molecule has 0 atom stereocenters. The molecule has 1 N–H and O–H groups in total. The van der Waals surface area contributed by atoms with Crippen LogP contribution in [0.15, 0.2) is 18.2 Å². The Kier molecular flexibility index (Phi) is 4.83. The minimum Gasteiger partial charge on any atom is -0.296 e. The fourth-order valence-corrected chi connectivity index (χ4v) is 3.59. The van der Waals surface area contributed by atoms with E-state index < -0.39 is 0 Å². The molecule has 4 nitrogen and oxygen atoms in total. The van der Waals surface area contributed by atoms with Gasteiger partial charge in [0.25, 0.3) is 5.91 Å². The number of carbonyl (C=O) groups is 1. The molecule has 22 heavy (non-hydrogen) atoms. The Morgan fingerprint density at radius 2 is 2.09 bits per heavy atom. The summed E-state index contributed by atoms with van der Waals surface area (Å²) in [5, 5.41) is 12.7. The number of unbranched alkanes of at least 4 members (excludes halogenated alkanes) is 2. The van der Waals surface area contributed by atoms with Gasteiger partial charge in [0.05, 0.1) is 0 Å². The highest BCUT2D eigenvalue weighted by Gasteiger charge is 2.15. The van der Waals surface area contributed by atoms with E-state index in [9.17, 15) is 4.79 Å². The number of hydrogen-bond donors (Lipinski definition) is 1. The summed E-state index contributed by atoms with van der Waals surface area (Å²) in [5.74, 6) is -0.0917. The van der Waals surface area contributed by atoms with Crippen molar-refractivity contribution in [2.75, 3.05) is 5.32 Å². The molecule has 116 valence electrons. The average Bonchev–Trinajstić information content (AvgIpc) is 3.15. The third kappa shape index (κ3) is 3.53. The number of rotatable bonds is 6. The van der Waals surface area contributed by atoms with Crippen molar-refractivity contribution in [2.45, 2.75) is 51.9 Å². The van der Waals surface area contributed by atoms with E-state index >= 15 is 0 Å². The minimum atomic E-state index is -0.0917. The van der Waals surface area contributed by atoms with Crippen molar-refractivity contribution in [1.29, 1.82) is 0 Å². The van der Waals surface area contributed by atoms with Crippen molar-refractivity contribution in [3.63, 3.8) is 0 Å². The molecule has 0 saturated carbocycles. The first-order chi connectivity index (χ1) is 10.8. The first-order valence-electron chi connectivity index (χ1n) is 8.02. The maximum absolute atomic E-state index is 12.3. The maximum Gasteiger partial charge on any atom is 0.257 e. The number of nitrogens with one attached hydrogen (secondary N) is 1. The number of fused-ring (bicyclic) bond motifs is 1. The molecule has 1 aromatic heterocycles. The average molecular weight is 315 g/mol. The summed E-state index contributed by atoms with van der Waals surface area (Å²) in [4.78, 5) is 12.3. The van der Waals surface area contributed by atoms with Crippen LogP contribution in [-0.2, 0) is 19.3 Å². The normalized spacial score (nSPS) is 13.1. The number of anilines is 1. The van der Waals surface area contributed by atoms with Crippen LogP contribution in [-0.4, -0.2) is 16.1 Å². The first-order valence-corrected chi connectivity index (χ1v) is 8.83. The Morgan fingerprint density at radius 1 is 1.23 bits per heavy atom. The largest absolute Gasteiger partial charge is 0.296 e. The zero-order valence-electron chi connectivity index (χ0n) is 12.9. The van der Waals surface area contributed by atoms with Crippen LogP contribution >= 0.6 is 11.3 Å². The van der Waals surface area contributed by atoms with Crippen LogP contribution in [0.25, 0.3) is 0 Å². The van der Waals surface area contributed by atoms with E-state index in [1.54, 1.807) is 0 Å². The summed E-state index contributed by atoms with van der Waals surface area (Å²) in [5.41, 5.74) is 3.40. The molecule has 0 saturated heterocycles. The van der Waals surface area contributed by atoms with Gasteiger partial charge in [0.1, 0.15) is 5.01 Å². The Labute approximate surface area is 135 Å². The molecule has 1 aliphatic carbocycles. The van der Waals surface area contributed by atoms with Gasteiger partial charge in [-0.3, -0.25) is 10.1 Å². The number of nitrogens with zero attached hydrogens (tertiary/aromatic N) is 2. The van der Waals surface area contributed by atoms with Crippen LogP contribution in [0.5, 0.6) is 0 Å². The van der Waals surface area contributed by atoms with Crippen molar-refractivity contribution >= 4 is 22.4 Å². The van der Waals surface area contributed by atoms with Gasteiger partial charge >= 0.3 is 0 Å². The highest BCUT2D eigenvalue weighted by atomic mass is 32.1. The lowest BCUT2D eigenvalue weighted by Crippen LogP contribution is -2.12. The van der Waals surface area contributed by atoms with E-state index in [2.05, 4.69) is 28.5 Å². The molecule has 0 aliphatic heterocycles. The first kappa shape index (κ1) is 15.2. The van der Waals surface area contributed by atoms with E-state index in [0.29, 0.717) is 10.7 Å². The third-order valence-electron chi connectivity index (χ3n) is 4.04. The van der Waals surface area contributed by atoms with Gasteiger partial charge in [-0.2, -0.15) is 0 Å². The number of carbonyl (C=O) groups excluding carboxylic acids is 1. The summed E-state index contributed by atoms with van der Waals surface area (Å²) >= 11 is 1.48. The summed E-state index contributed by atoms with van der Waals surface area (Å²) in [6, 6.07) is 6.00. The van der Waals surface area contributed by atoms with Crippen LogP contribution in [0.3, 0.4) is 0 Å². The molecule has 3 rings (SSSR count). The van der Waals surface area contributed by atoms with Crippen molar-refractivity contribution in [3.05, 3.63) is 39.9 Å². The smallest absolute Gasteiger partial charge is 0.257 e. The third-order valence-corrected chi connectivity index (χ3v) is 4.94. The monoisotopic (exact) mass is 315 g/mol. The standard InChI is InChI=1S/C17H21N3OS/c1-2-3-4-8-15-19-20-17(22-15)18-16(21)14-10-9-12-6-5-7-13(12)11-14/h9-11H,2-8H2,1H3,(H,18,20,21). The molecule has 1 amide bonds. The van der Waals surface area contributed by atoms with Gasteiger partial charge in [0, 0.05) is 12.0 Å². The van der Waals surface area contributed by atoms with Crippen molar-refractivity contribution in [2.24, 2.45) is 0 Å². The molecular formula is C17H21N3OS. The van der Waals surface area contributed by atoms with E-state index in [4.69, 9.17) is 0 Å². The van der Waals surface area contributed by atoms with Crippen LogP contribution in [0.2, 0.25) is 0 Å². The summed E-state index contributed by atoms with van der Waals surface area (Å²) in [6.45, 7) is 2.18. The van der Waals surface area contributed by atoms with Crippen LogP contribution in [0, 0.1) is 0 Å². The Hall–Kier alpha value is -1.75. The summed E-state index contributed by atoms with van der Waals surface area (Å²) in [7, 11) is 0. The van der Waals surface area contributed by atoms with Crippen LogP contribution in [0.4, 0.5) is 5.13 Å². The zero-order valence-corrected chi connectivity index (χ0v) is 13.7. The maximum atomic E-state index is 12.3. The number of benzene rings is 1. The molecule has 0 spiro atoms. The van der Waals surface area contributed by atoms with Gasteiger partial charge in [0.2, 0.25) is 5.13 Å². The predicted octanol–water partition coefficient (Wildman–Crippen LogP) is 4.01. The fourth-order valence-electron chi connectivity index (χ4n) is 2.81. The second-order valence-corrected chi connectivity index (χ2v) is 6.81. The SMILES string of the molecule is CCCCCc1nnc(NC(=O)c2ccc3c(c2)CCC3)s1. The lowest BCUT2D eigenvalue weighted by atomic mass is 10.1. The Morgan fingerprint density at radius 3 is 2.95 bits per heavy atom. The van der Waals surface area contributed by atoms with E-state index in [1.165, 1.54) is 41.7 Å². The van der Waals surface area contributed by atoms with Gasteiger partial charge in [-0.25, -0.2) is 0 Å². The zero-order chi connectivity index (χ0) is 15.4. The van der Waals surface area contributed by atoms with Gasteiger partial charge in [-0.1, -0.05) is 37.2 Å². The summed E-state index contributed by atoms with van der Waals surface area (Å²) in [6.07, 6.45) is 7.88. The number of amides is 1. The lowest BCUT2D eigenvalue weighted by molar-refractivity contribution is 0.102. The summed E-state index contributed by atoms with van der Waals surface area (Å²) < 4.78 is 0. The van der Waals surface area contributed by atoms with Crippen LogP contribution in [0.1, 0.15) is 59.1 Å². The molecule has 1 aliphatic rings. The van der Waals surface area contributed by atoms with Crippen molar-refractivity contribution < 1.29 is 4.79 Å². The lowest BCUT2D eigenvalue weighted by Gasteiger charge is -2.04. The second-order valence-electron chi connectivity index (χ2n) is 5.75. The highest BCUT2D eigenvalue weighted by Crippen LogP contribution is 2.24. The second kappa shape index (κ2) is 7.01. The highest BCUT2D eigenvalue weighted by molar-refractivity contribution is 7.15. The quantitative estimate of drug-likeness (QED) is 0.819. The van der Waals surface area contributed by atoms with E-state index in [1.807, 2.05) is 12.1 Å². The fraction of sp³-hybridized carbons (Fsp3) is 0.471. The molecule has 0 fully saturated rings. The Balaban J connectivity index is 1.62. The number of hydrogen-bond acceptors (Lipinski definition) is 4. The number of aromatic nitrogens is 2. The molecule has 0 radical (unpaired) electrons. The van der Waals surface area contributed by atoms with Gasteiger partial charge in [-0.05, 0) is 48.9 Å². The van der Waals surface area contributed by atoms with Gasteiger partial charge in [0.15, 0.2) is 0 Å². The van der Waals surface area contributed by atoms with Gasteiger partial charge in [-0.15, -0.1) is 10.2 Å². The predicted molar refractivity (Wildman–Crippen MR) is 89.6 cm³/mol. The molecular weight excluding hydrogens is 294 g/mol. The topological polar surface area (TPSA) is 54.9 Å². The number of aryl methyl sites for hydroxylation is 3. The Bertz CT molecular complexity index is 666. The van der Waals surface area contributed by atoms with E-state index in [0.717, 1.165) is 30.7 Å².